The lowest BCUT2D eigenvalue weighted by molar-refractivity contribution is -0.128. The number of H-pyrrole nitrogens is 1. The molecular weight excluding hydrogens is 415 g/mol. The maximum atomic E-state index is 13.6. The molecule has 6 nitrogen and oxygen atoms in total. The number of nitrogens with one attached hydrogen (secondary N) is 2. The Morgan fingerprint density at radius 2 is 2.19 bits per heavy atom. The third kappa shape index (κ3) is 3.90. The van der Waals surface area contributed by atoms with E-state index in [9.17, 15) is 14.0 Å². The summed E-state index contributed by atoms with van der Waals surface area (Å²) in [4.78, 5) is 34.5. The molecule has 4 aromatic rings. The number of amides is 2. The first-order chi connectivity index (χ1) is 15.0. The van der Waals surface area contributed by atoms with Crippen molar-refractivity contribution in [3.05, 3.63) is 59.5 Å². The monoisotopic (exact) mass is 436 g/mol. The van der Waals surface area contributed by atoms with Crippen LogP contribution in [0, 0.1) is 18.7 Å². The van der Waals surface area contributed by atoms with Gasteiger partial charge in [0.15, 0.2) is 5.13 Å². The maximum absolute atomic E-state index is 13.6. The van der Waals surface area contributed by atoms with Gasteiger partial charge in [0.25, 0.3) is 0 Å². The van der Waals surface area contributed by atoms with E-state index in [1.807, 2.05) is 31.3 Å². The molecule has 1 atom stereocenters. The second-order valence-electron chi connectivity index (χ2n) is 7.97. The smallest absolute Gasteiger partial charge is 0.231 e. The van der Waals surface area contributed by atoms with Crippen molar-refractivity contribution in [1.29, 1.82) is 0 Å². The van der Waals surface area contributed by atoms with Crippen LogP contribution in [0.4, 0.5) is 9.52 Å². The van der Waals surface area contributed by atoms with Gasteiger partial charge in [-0.15, -0.1) is 0 Å². The van der Waals surface area contributed by atoms with Gasteiger partial charge in [0.05, 0.1) is 16.1 Å². The summed E-state index contributed by atoms with van der Waals surface area (Å²) in [7, 11) is 0. The second kappa shape index (κ2) is 7.77. The fraction of sp³-hybridized carbons (Fsp3) is 0.261. The highest BCUT2D eigenvalue weighted by molar-refractivity contribution is 7.22. The highest BCUT2D eigenvalue weighted by atomic mass is 32.1. The van der Waals surface area contributed by atoms with Crippen LogP contribution in [0.15, 0.2) is 42.6 Å². The predicted octanol–water partition coefficient (Wildman–Crippen LogP) is 4.25. The molecule has 158 valence electrons. The van der Waals surface area contributed by atoms with Crippen molar-refractivity contribution in [2.75, 3.05) is 18.4 Å². The summed E-state index contributed by atoms with van der Waals surface area (Å²) in [6.45, 7) is 2.89. The number of fused-ring (bicyclic) bond motifs is 2. The van der Waals surface area contributed by atoms with Crippen LogP contribution in [0.5, 0.6) is 0 Å². The molecule has 0 bridgehead atoms. The highest BCUT2D eigenvalue weighted by Crippen LogP contribution is 2.28. The molecule has 1 saturated heterocycles. The second-order valence-corrected chi connectivity index (χ2v) is 9.00. The highest BCUT2D eigenvalue weighted by Gasteiger charge is 2.34. The summed E-state index contributed by atoms with van der Waals surface area (Å²) in [5.74, 6) is -0.902. The van der Waals surface area contributed by atoms with Crippen LogP contribution in [-0.2, 0) is 16.0 Å². The Balaban J connectivity index is 1.22. The molecule has 0 radical (unpaired) electrons. The number of aromatic amines is 1. The van der Waals surface area contributed by atoms with E-state index in [2.05, 4.69) is 15.3 Å². The fourth-order valence-electron chi connectivity index (χ4n) is 4.07. The van der Waals surface area contributed by atoms with E-state index in [1.165, 1.54) is 23.5 Å². The molecule has 0 aliphatic carbocycles. The van der Waals surface area contributed by atoms with E-state index in [-0.39, 0.29) is 24.1 Å². The number of anilines is 1. The van der Waals surface area contributed by atoms with Crippen molar-refractivity contribution in [2.45, 2.75) is 19.8 Å². The number of thiazole rings is 1. The molecule has 2 N–H and O–H groups in total. The lowest BCUT2D eigenvalue weighted by Crippen LogP contribution is -2.29. The van der Waals surface area contributed by atoms with Gasteiger partial charge in [0, 0.05) is 36.6 Å². The normalized spacial score (nSPS) is 16.5. The number of likely N-dealkylation sites (tertiary alicyclic amines) is 1. The van der Waals surface area contributed by atoms with Gasteiger partial charge in [-0.1, -0.05) is 17.4 Å². The Kier molecular flexibility index (Phi) is 4.94. The number of carbonyl (C=O) groups is 2. The van der Waals surface area contributed by atoms with Crippen molar-refractivity contribution in [2.24, 2.45) is 5.92 Å². The van der Waals surface area contributed by atoms with Crippen LogP contribution in [0.3, 0.4) is 0 Å². The summed E-state index contributed by atoms with van der Waals surface area (Å²) in [6.07, 6.45) is 2.64. The van der Waals surface area contributed by atoms with E-state index in [0.29, 0.717) is 24.6 Å². The molecule has 8 heteroatoms. The molecule has 5 rings (SSSR count). The van der Waals surface area contributed by atoms with Crippen molar-refractivity contribution < 1.29 is 14.0 Å². The van der Waals surface area contributed by atoms with E-state index in [0.717, 1.165) is 32.2 Å². The van der Waals surface area contributed by atoms with Crippen LogP contribution in [0.2, 0.25) is 0 Å². The van der Waals surface area contributed by atoms with Crippen LogP contribution < -0.4 is 5.32 Å². The minimum absolute atomic E-state index is 0.0360. The first kappa shape index (κ1) is 19.7. The first-order valence-corrected chi connectivity index (χ1v) is 11.0. The number of halogens is 1. The van der Waals surface area contributed by atoms with E-state index in [4.69, 9.17) is 0 Å². The van der Waals surface area contributed by atoms with Crippen molar-refractivity contribution >= 4 is 49.4 Å². The number of nitrogens with zero attached hydrogens (tertiary/aromatic N) is 2. The third-order valence-electron chi connectivity index (χ3n) is 5.74. The Morgan fingerprint density at radius 1 is 1.32 bits per heavy atom. The van der Waals surface area contributed by atoms with Gasteiger partial charge in [-0.25, -0.2) is 9.37 Å². The van der Waals surface area contributed by atoms with Crippen molar-refractivity contribution in [3.63, 3.8) is 0 Å². The SMILES string of the molecule is Cc1ccc2nc(NC(=O)[C@H]3CC(=O)N(CCc4c[nH]c5ccc(F)cc45)C3)sc2c1. The summed E-state index contributed by atoms with van der Waals surface area (Å²) in [6, 6.07) is 10.6. The number of benzene rings is 2. The number of aryl methyl sites for hydroxylation is 1. The lowest BCUT2D eigenvalue weighted by Gasteiger charge is -2.16. The molecule has 2 aromatic carbocycles. The average molecular weight is 437 g/mol. The number of rotatable bonds is 5. The molecular formula is C23H21FN4O2S. The van der Waals surface area contributed by atoms with Gasteiger partial charge >= 0.3 is 0 Å². The third-order valence-corrected chi connectivity index (χ3v) is 6.67. The Hall–Kier alpha value is -3.26. The molecule has 0 saturated carbocycles. The van der Waals surface area contributed by atoms with Crippen LogP contribution in [-0.4, -0.2) is 39.8 Å². The van der Waals surface area contributed by atoms with Gasteiger partial charge in [-0.2, -0.15) is 0 Å². The number of hydrogen-bond acceptors (Lipinski definition) is 4. The first-order valence-electron chi connectivity index (χ1n) is 10.2. The zero-order chi connectivity index (χ0) is 21.5. The van der Waals surface area contributed by atoms with Crippen LogP contribution in [0.1, 0.15) is 17.5 Å². The molecule has 0 unspecified atom stereocenters. The van der Waals surface area contributed by atoms with Gasteiger partial charge in [0.1, 0.15) is 5.82 Å². The number of carbonyl (C=O) groups excluding carboxylic acids is 2. The summed E-state index contributed by atoms with van der Waals surface area (Å²) < 4.78 is 14.6. The zero-order valence-corrected chi connectivity index (χ0v) is 17.8. The van der Waals surface area contributed by atoms with E-state index in [1.54, 1.807) is 11.0 Å². The quantitative estimate of drug-likeness (QED) is 0.491. The number of hydrogen-bond donors (Lipinski definition) is 2. The average Bonchev–Trinajstić information content (AvgIpc) is 3.42. The molecule has 0 spiro atoms. The Morgan fingerprint density at radius 3 is 3.06 bits per heavy atom. The summed E-state index contributed by atoms with van der Waals surface area (Å²) >= 11 is 1.44. The topological polar surface area (TPSA) is 78.1 Å². The molecule has 2 aromatic heterocycles. The fourth-order valence-corrected chi connectivity index (χ4v) is 5.04. The summed E-state index contributed by atoms with van der Waals surface area (Å²) in [5.41, 5.74) is 3.82. The van der Waals surface area contributed by atoms with E-state index >= 15 is 0 Å². The Labute approximate surface area is 182 Å². The molecule has 1 aliphatic rings. The van der Waals surface area contributed by atoms with Crippen LogP contribution >= 0.6 is 11.3 Å². The van der Waals surface area contributed by atoms with Gasteiger partial charge < -0.3 is 15.2 Å². The van der Waals surface area contributed by atoms with Gasteiger partial charge in [0.2, 0.25) is 11.8 Å². The van der Waals surface area contributed by atoms with Crippen LogP contribution in [0.25, 0.3) is 21.1 Å². The molecule has 1 aliphatic heterocycles. The predicted molar refractivity (Wildman–Crippen MR) is 120 cm³/mol. The minimum atomic E-state index is -0.401. The number of aromatic nitrogens is 2. The zero-order valence-electron chi connectivity index (χ0n) is 16.9. The standard InChI is InChI=1S/C23H21FN4O2S/c1-13-2-4-19-20(8-13)31-23(26-19)27-22(30)15-9-21(29)28(12-15)7-6-14-11-25-18-5-3-16(24)10-17(14)18/h2-5,8,10-11,15,25H,6-7,9,12H2,1H3,(H,26,27,30)/t15-/m0/s1. The van der Waals surface area contributed by atoms with Crippen molar-refractivity contribution in [3.8, 4) is 0 Å². The molecule has 1 fully saturated rings. The van der Waals surface area contributed by atoms with Gasteiger partial charge in [-0.3, -0.25) is 9.59 Å². The minimum Gasteiger partial charge on any atom is -0.361 e. The molecule has 3 heterocycles. The maximum Gasteiger partial charge on any atom is 0.231 e. The molecule has 2 amide bonds. The molecule has 31 heavy (non-hydrogen) atoms. The lowest BCUT2D eigenvalue weighted by atomic mass is 10.1. The summed E-state index contributed by atoms with van der Waals surface area (Å²) in [5, 5.41) is 4.26. The van der Waals surface area contributed by atoms with Crippen molar-refractivity contribution in [1.82, 2.24) is 14.9 Å². The largest absolute Gasteiger partial charge is 0.361 e. The van der Waals surface area contributed by atoms with E-state index < -0.39 is 5.92 Å². The Bertz CT molecular complexity index is 1310. The van der Waals surface area contributed by atoms with Gasteiger partial charge in [-0.05, 0) is 54.8 Å².